The summed E-state index contributed by atoms with van der Waals surface area (Å²) >= 11 is 0. The molecule has 0 radical (unpaired) electrons. The Morgan fingerprint density at radius 2 is 1.51 bits per heavy atom. The van der Waals surface area contributed by atoms with Crippen LogP contribution in [0.3, 0.4) is 0 Å². The second-order valence-corrected chi connectivity index (χ2v) is 8.23. The van der Waals surface area contributed by atoms with E-state index in [1.807, 2.05) is 0 Å². The van der Waals surface area contributed by atoms with Gasteiger partial charge < -0.3 is 10.6 Å². The number of benzene rings is 3. The maximum absolute atomic E-state index is 14.4. The summed E-state index contributed by atoms with van der Waals surface area (Å²) in [6, 6.07) is 19.4. The van der Waals surface area contributed by atoms with Gasteiger partial charge >= 0.3 is 0 Å². The Morgan fingerprint density at radius 1 is 0.886 bits per heavy atom. The van der Waals surface area contributed by atoms with Crippen molar-refractivity contribution in [2.24, 2.45) is 0 Å². The van der Waals surface area contributed by atoms with Crippen LogP contribution >= 0.6 is 0 Å². The van der Waals surface area contributed by atoms with Crippen LogP contribution in [0.5, 0.6) is 0 Å². The number of carbonyl (C=O) groups excluding carboxylic acids is 3. The zero-order valence-electron chi connectivity index (χ0n) is 18.8. The molecule has 0 aromatic heterocycles. The monoisotopic (exact) mass is 473 g/mol. The largest absolute Gasteiger partial charge is 0.349 e. The van der Waals surface area contributed by atoms with Gasteiger partial charge in [-0.05, 0) is 60.4 Å². The number of carbonyl (C=O) groups is 3. The van der Waals surface area contributed by atoms with Crippen LogP contribution in [-0.2, 0) is 11.3 Å². The standard InChI is InChI=1S/C27H24FN3O4/c28-24-4-2-1-3-22(24)23(27(34)30-21-13-14-21)15-17-5-9-19(10-6-17)25(32)29-16-18-7-11-20(12-8-18)26(33)31-35/h1-12,15,21,35H,13-14,16H2,(H,29,32)(H,30,34)(H,31,33). The SMILES string of the molecule is O=C(NC1CC1)C(=Cc1ccc(C(=O)NCc2ccc(C(=O)NO)cc2)cc1)c1ccccc1F. The third kappa shape index (κ3) is 6.18. The first kappa shape index (κ1) is 23.8. The van der Waals surface area contributed by atoms with E-state index in [2.05, 4.69) is 10.6 Å². The number of nitrogens with one attached hydrogen (secondary N) is 3. The van der Waals surface area contributed by atoms with Crippen LogP contribution in [0.4, 0.5) is 4.39 Å². The van der Waals surface area contributed by atoms with Gasteiger partial charge in [-0.2, -0.15) is 0 Å². The van der Waals surface area contributed by atoms with Crippen LogP contribution in [0.2, 0.25) is 0 Å². The highest BCUT2D eigenvalue weighted by Gasteiger charge is 2.26. The van der Waals surface area contributed by atoms with E-state index < -0.39 is 11.7 Å². The molecule has 1 aliphatic rings. The molecule has 3 aromatic carbocycles. The summed E-state index contributed by atoms with van der Waals surface area (Å²) in [5.41, 5.74) is 4.17. The Kier molecular flexibility index (Phi) is 7.32. The third-order valence-electron chi connectivity index (χ3n) is 5.58. The number of amides is 3. The maximum atomic E-state index is 14.4. The van der Waals surface area contributed by atoms with E-state index >= 15 is 0 Å². The fourth-order valence-corrected chi connectivity index (χ4v) is 3.46. The van der Waals surface area contributed by atoms with Crippen LogP contribution in [0.25, 0.3) is 11.6 Å². The van der Waals surface area contributed by atoms with E-state index in [-0.39, 0.29) is 35.5 Å². The first-order chi connectivity index (χ1) is 16.9. The lowest BCUT2D eigenvalue weighted by Crippen LogP contribution is -2.26. The first-order valence-electron chi connectivity index (χ1n) is 11.1. The Hall–Kier alpha value is -4.30. The van der Waals surface area contributed by atoms with Gasteiger partial charge in [-0.1, -0.05) is 42.5 Å². The van der Waals surface area contributed by atoms with Crippen LogP contribution in [0.1, 0.15) is 50.2 Å². The summed E-state index contributed by atoms with van der Waals surface area (Å²) in [6.45, 7) is 0.250. The van der Waals surface area contributed by atoms with Crippen molar-refractivity contribution in [2.45, 2.75) is 25.4 Å². The molecular formula is C27H24FN3O4. The molecule has 0 spiro atoms. The van der Waals surface area contributed by atoms with E-state index in [1.54, 1.807) is 78.3 Å². The highest BCUT2D eigenvalue weighted by Crippen LogP contribution is 2.25. The van der Waals surface area contributed by atoms with Crippen molar-refractivity contribution in [3.8, 4) is 0 Å². The van der Waals surface area contributed by atoms with Crippen molar-refractivity contribution in [2.75, 3.05) is 0 Å². The Bertz CT molecular complexity index is 1270. The van der Waals surface area contributed by atoms with Gasteiger partial charge in [-0.15, -0.1) is 0 Å². The molecule has 7 nitrogen and oxygen atoms in total. The van der Waals surface area contributed by atoms with Crippen molar-refractivity contribution in [1.29, 1.82) is 0 Å². The van der Waals surface area contributed by atoms with Gasteiger partial charge in [0.25, 0.3) is 17.7 Å². The lowest BCUT2D eigenvalue weighted by molar-refractivity contribution is -0.115. The van der Waals surface area contributed by atoms with Gasteiger partial charge in [-0.25, -0.2) is 9.87 Å². The molecule has 0 heterocycles. The molecule has 1 fully saturated rings. The van der Waals surface area contributed by atoms with Crippen LogP contribution in [0, 0.1) is 5.82 Å². The molecule has 1 aliphatic carbocycles. The summed E-state index contributed by atoms with van der Waals surface area (Å²) in [4.78, 5) is 36.7. The topological polar surface area (TPSA) is 108 Å². The second kappa shape index (κ2) is 10.8. The van der Waals surface area contributed by atoms with E-state index in [1.165, 1.54) is 6.07 Å². The number of hydroxylamine groups is 1. The van der Waals surface area contributed by atoms with Crippen LogP contribution in [-0.4, -0.2) is 29.0 Å². The lowest BCUT2D eigenvalue weighted by Gasteiger charge is -2.10. The summed E-state index contributed by atoms with van der Waals surface area (Å²) in [7, 11) is 0. The van der Waals surface area contributed by atoms with E-state index in [0.717, 1.165) is 18.4 Å². The fourth-order valence-electron chi connectivity index (χ4n) is 3.46. The van der Waals surface area contributed by atoms with E-state index in [9.17, 15) is 18.8 Å². The summed E-state index contributed by atoms with van der Waals surface area (Å²) in [5, 5.41) is 14.4. The van der Waals surface area contributed by atoms with Gasteiger partial charge in [0.2, 0.25) is 0 Å². The molecule has 178 valence electrons. The smallest absolute Gasteiger partial charge is 0.274 e. The minimum absolute atomic E-state index is 0.131. The molecule has 4 N–H and O–H groups in total. The molecule has 1 saturated carbocycles. The number of rotatable bonds is 8. The maximum Gasteiger partial charge on any atom is 0.274 e. The Balaban J connectivity index is 1.45. The highest BCUT2D eigenvalue weighted by molar-refractivity contribution is 6.24. The van der Waals surface area contributed by atoms with Crippen molar-refractivity contribution >= 4 is 29.4 Å². The molecule has 0 saturated heterocycles. The molecular weight excluding hydrogens is 449 g/mol. The van der Waals surface area contributed by atoms with Gasteiger partial charge in [-0.3, -0.25) is 19.6 Å². The number of hydrogen-bond donors (Lipinski definition) is 4. The molecule has 0 aliphatic heterocycles. The minimum Gasteiger partial charge on any atom is -0.349 e. The summed E-state index contributed by atoms with van der Waals surface area (Å²) < 4.78 is 14.4. The van der Waals surface area contributed by atoms with E-state index in [0.29, 0.717) is 16.7 Å². The van der Waals surface area contributed by atoms with Crippen molar-refractivity contribution in [3.63, 3.8) is 0 Å². The highest BCUT2D eigenvalue weighted by atomic mass is 19.1. The molecule has 35 heavy (non-hydrogen) atoms. The molecule has 3 amide bonds. The zero-order chi connectivity index (χ0) is 24.8. The normalized spacial score (nSPS) is 13.1. The van der Waals surface area contributed by atoms with Crippen molar-refractivity contribution in [3.05, 3.63) is 106 Å². The molecule has 3 aromatic rings. The van der Waals surface area contributed by atoms with Gasteiger partial charge in [0.05, 0.1) is 5.57 Å². The fraction of sp³-hybridized carbons (Fsp3) is 0.148. The molecule has 8 heteroatoms. The predicted octanol–water partition coefficient (Wildman–Crippen LogP) is 3.69. The lowest BCUT2D eigenvalue weighted by atomic mass is 10.0. The third-order valence-corrected chi connectivity index (χ3v) is 5.58. The Morgan fingerprint density at radius 3 is 2.14 bits per heavy atom. The van der Waals surface area contributed by atoms with E-state index in [4.69, 9.17) is 5.21 Å². The summed E-state index contributed by atoms with van der Waals surface area (Å²) in [5.74, 6) is -1.72. The quantitative estimate of drug-likeness (QED) is 0.173. The molecule has 4 rings (SSSR count). The molecule has 0 atom stereocenters. The van der Waals surface area contributed by atoms with Crippen LogP contribution in [0.15, 0.2) is 72.8 Å². The van der Waals surface area contributed by atoms with Gasteiger partial charge in [0.1, 0.15) is 5.82 Å². The van der Waals surface area contributed by atoms with Gasteiger partial charge in [0, 0.05) is 29.3 Å². The van der Waals surface area contributed by atoms with Crippen LogP contribution < -0.4 is 16.1 Å². The Labute approximate surface area is 201 Å². The second-order valence-electron chi connectivity index (χ2n) is 8.23. The zero-order valence-corrected chi connectivity index (χ0v) is 18.8. The molecule has 0 bridgehead atoms. The summed E-state index contributed by atoms with van der Waals surface area (Å²) in [6.07, 6.45) is 3.45. The van der Waals surface area contributed by atoms with Crippen molar-refractivity contribution in [1.82, 2.24) is 16.1 Å². The van der Waals surface area contributed by atoms with Crippen molar-refractivity contribution < 1.29 is 24.0 Å². The number of halogens is 1. The predicted molar refractivity (Wildman–Crippen MR) is 129 cm³/mol. The molecule has 0 unspecified atom stereocenters. The first-order valence-corrected chi connectivity index (χ1v) is 11.1. The number of hydrogen-bond acceptors (Lipinski definition) is 4. The average Bonchev–Trinajstić information content (AvgIpc) is 3.70. The average molecular weight is 474 g/mol. The minimum atomic E-state index is -0.613. The van der Waals surface area contributed by atoms with Gasteiger partial charge in [0.15, 0.2) is 0 Å².